The second kappa shape index (κ2) is 5.87. The lowest BCUT2D eigenvalue weighted by molar-refractivity contribution is 0.115. The molecule has 1 N–H and O–H groups in total. The number of rotatable bonds is 7. The number of hydrogen-bond donors (Lipinski definition) is 1. The highest BCUT2D eigenvalue weighted by atomic mass is 15.2. The van der Waals surface area contributed by atoms with Gasteiger partial charge in [0.2, 0.25) is 0 Å². The summed E-state index contributed by atoms with van der Waals surface area (Å²) in [7, 11) is 2.04. The van der Waals surface area contributed by atoms with E-state index in [2.05, 4.69) is 30.3 Å². The zero-order valence-electron chi connectivity index (χ0n) is 12.1. The van der Waals surface area contributed by atoms with Gasteiger partial charge in [0.25, 0.3) is 0 Å². The minimum Gasteiger partial charge on any atom is -0.316 e. The molecule has 1 aliphatic rings. The number of hydrogen-bond acceptors (Lipinski definition) is 2. The smallest absolute Gasteiger partial charge is 0.0492 e. The van der Waals surface area contributed by atoms with Crippen molar-refractivity contribution < 1.29 is 0 Å². The molecule has 0 bridgehead atoms. The molecule has 1 saturated carbocycles. The summed E-state index contributed by atoms with van der Waals surface area (Å²) in [5.41, 5.74) is 1.93. The van der Waals surface area contributed by atoms with Crippen LogP contribution in [-0.2, 0) is 13.5 Å². The predicted molar refractivity (Wildman–Crippen MR) is 75.5 cm³/mol. The Labute approximate surface area is 111 Å². The van der Waals surface area contributed by atoms with Crippen LogP contribution in [0.25, 0.3) is 0 Å². The number of aromatic nitrogens is 2. The fourth-order valence-corrected chi connectivity index (χ4v) is 2.86. The molecule has 18 heavy (non-hydrogen) atoms. The lowest BCUT2D eigenvalue weighted by atomic mass is 9.66. The van der Waals surface area contributed by atoms with Crippen LogP contribution in [0.3, 0.4) is 0 Å². The summed E-state index contributed by atoms with van der Waals surface area (Å²) < 4.78 is 2.01. The molecule has 0 aliphatic heterocycles. The van der Waals surface area contributed by atoms with Gasteiger partial charge in [-0.3, -0.25) is 4.68 Å². The summed E-state index contributed by atoms with van der Waals surface area (Å²) in [6.45, 7) is 6.89. The molecule has 1 aliphatic carbocycles. The molecule has 102 valence electrons. The molecule has 0 unspecified atom stereocenters. The summed E-state index contributed by atoms with van der Waals surface area (Å²) in [5.74, 6) is 0.749. The van der Waals surface area contributed by atoms with Gasteiger partial charge in [-0.15, -0.1) is 0 Å². The molecule has 2 rings (SSSR count). The van der Waals surface area contributed by atoms with Crippen LogP contribution >= 0.6 is 0 Å². The largest absolute Gasteiger partial charge is 0.316 e. The van der Waals surface area contributed by atoms with E-state index >= 15 is 0 Å². The van der Waals surface area contributed by atoms with E-state index in [-0.39, 0.29) is 0 Å². The van der Waals surface area contributed by atoms with Crippen molar-refractivity contribution in [1.82, 2.24) is 15.1 Å². The van der Waals surface area contributed by atoms with E-state index in [1.165, 1.54) is 44.3 Å². The molecule has 3 heteroatoms. The van der Waals surface area contributed by atoms with Gasteiger partial charge in [0.15, 0.2) is 0 Å². The third-order valence-electron chi connectivity index (χ3n) is 4.30. The first kappa shape index (κ1) is 13.6. The Morgan fingerprint density at radius 1 is 1.44 bits per heavy atom. The van der Waals surface area contributed by atoms with Crippen LogP contribution in [0, 0.1) is 11.3 Å². The van der Waals surface area contributed by atoms with E-state index < -0.39 is 0 Å². The number of nitrogens with one attached hydrogen (secondary N) is 1. The first-order chi connectivity index (χ1) is 8.61. The molecular weight excluding hydrogens is 222 g/mol. The van der Waals surface area contributed by atoms with Crippen molar-refractivity contribution >= 4 is 0 Å². The minimum atomic E-state index is 0.569. The molecular formula is C15H27N3. The third-order valence-corrected chi connectivity index (χ3v) is 4.30. The summed E-state index contributed by atoms with van der Waals surface area (Å²) in [6, 6.07) is 2.15. The maximum absolute atomic E-state index is 4.25. The monoisotopic (exact) mass is 249 g/mol. The van der Waals surface area contributed by atoms with Gasteiger partial charge in [0.1, 0.15) is 0 Å². The Hall–Kier alpha value is -0.830. The summed E-state index contributed by atoms with van der Waals surface area (Å²) >= 11 is 0. The van der Waals surface area contributed by atoms with Gasteiger partial charge < -0.3 is 5.32 Å². The molecule has 1 heterocycles. The molecule has 0 amide bonds. The summed E-state index contributed by atoms with van der Waals surface area (Å²) in [6.07, 6.45) is 8.58. The fourth-order valence-electron chi connectivity index (χ4n) is 2.86. The SMILES string of the molecule is CC(C)CNCC1(CCc2ccnn2C)CCC1. The van der Waals surface area contributed by atoms with Crippen LogP contribution in [0.2, 0.25) is 0 Å². The van der Waals surface area contributed by atoms with Gasteiger partial charge in [-0.2, -0.15) is 5.10 Å². The second-order valence-electron chi connectivity index (χ2n) is 6.32. The normalized spacial score (nSPS) is 18.0. The number of aryl methyl sites for hydroxylation is 2. The van der Waals surface area contributed by atoms with Crippen LogP contribution in [-0.4, -0.2) is 22.9 Å². The zero-order valence-corrected chi connectivity index (χ0v) is 12.1. The first-order valence-electron chi connectivity index (χ1n) is 7.29. The molecule has 0 saturated heterocycles. The van der Waals surface area contributed by atoms with Gasteiger partial charge in [0, 0.05) is 25.5 Å². The van der Waals surface area contributed by atoms with Crippen molar-refractivity contribution in [3.63, 3.8) is 0 Å². The van der Waals surface area contributed by atoms with E-state index in [0.717, 1.165) is 12.5 Å². The highest BCUT2D eigenvalue weighted by Gasteiger charge is 2.36. The van der Waals surface area contributed by atoms with Gasteiger partial charge in [-0.1, -0.05) is 20.3 Å². The summed E-state index contributed by atoms with van der Waals surface area (Å²) in [5, 5.41) is 7.90. The predicted octanol–water partition coefficient (Wildman–Crippen LogP) is 2.77. The van der Waals surface area contributed by atoms with E-state index in [0.29, 0.717) is 5.41 Å². The average molecular weight is 249 g/mol. The fraction of sp³-hybridized carbons (Fsp3) is 0.800. The molecule has 0 atom stereocenters. The maximum atomic E-state index is 4.25. The molecule has 1 aromatic heterocycles. The third kappa shape index (κ3) is 3.35. The molecule has 0 spiro atoms. The van der Waals surface area contributed by atoms with Crippen molar-refractivity contribution in [3.05, 3.63) is 18.0 Å². The quantitative estimate of drug-likeness (QED) is 0.805. The van der Waals surface area contributed by atoms with Gasteiger partial charge in [0.05, 0.1) is 0 Å². The van der Waals surface area contributed by atoms with Crippen molar-refractivity contribution in [2.45, 2.75) is 46.0 Å². The molecule has 0 radical (unpaired) electrons. The topological polar surface area (TPSA) is 29.9 Å². The lowest BCUT2D eigenvalue weighted by Gasteiger charge is -2.42. The second-order valence-corrected chi connectivity index (χ2v) is 6.32. The van der Waals surface area contributed by atoms with Gasteiger partial charge in [-0.25, -0.2) is 0 Å². The summed E-state index contributed by atoms with van der Waals surface area (Å²) in [4.78, 5) is 0. The van der Waals surface area contributed by atoms with E-state index in [4.69, 9.17) is 0 Å². The Bertz CT molecular complexity index is 364. The van der Waals surface area contributed by atoms with Crippen LogP contribution < -0.4 is 5.32 Å². The Balaban J connectivity index is 1.79. The number of nitrogens with zero attached hydrogens (tertiary/aromatic N) is 2. The molecule has 1 fully saturated rings. The van der Waals surface area contributed by atoms with E-state index in [1.807, 2.05) is 17.9 Å². The Morgan fingerprint density at radius 2 is 2.22 bits per heavy atom. The van der Waals surface area contributed by atoms with Crippen LogP contribution in [0.1, 0.15) is 45.2 Å². The Kier molecular flexibility index (Phi) is 4.44. The van der Waals surface area contributed by atoms with Crippen molar-refractivity contribution in [1.29, 1.82) is 0 Å². The maximum Gasteiger partial charge on any atom is 0.0492 e. The minimum absolute atomic E-state index is 0.569. The van der Waals surface area contributed by atoms with E-state index in [9.17, 15) is 0 Å². The molecule has 0 aromatic carbocycles. The van der Waals surface area contributed by atoms with Crippen LogP contribution in [0.15, 0.2) is 12.3 Å². The van der Waals surface area contributed by atoms with Gasteiger partial charge in [-0.05, 0) is 49.6 Å². The van der Waals surface area contributed by atoms with E-state index in [1.54, 1.807) is 0 Å². The zero-order chi connectivity index (χ0) is 13.0. The van der Waals surface area contributed by atoms with Crippen molar-refractivity contribution in [2.24, 2.45) is 18.4 Å². The standard InChI is InChI=1S/C15H27N3/c1-13(2)11-16-12-15(7-4-8-15)9-5-14-6-10-17-18(14)3/h6,10,13,16H,4-5,7-9,11-12H2,1-3H3. The van der Waals surface area contributed by atoms with Crippen molar-refractivity contribution in [2.75, 3.05) is 13.1 Å². The average Bonchev–Trinajstić information content (AvgIpc) is 2.66. The van der Waals surface area contributed by atoms with Crippen LogP contribution in [0.5, 0.6) is 0 Å². The van der Waals surface area contributed by atoms with Gasteiger partial charge >= 0.3 is 0 Å². The Morgan fingerprint density at radius 3 is 2.72 bits per heavy atom. The first-order valence-corrected chi connectivity index (χ1v) is 7.29. The molecule has 1 aromatic rings. The highest BCUT2D eigenvalue weighted by molar-refractivity contribution is 5.02. The highest BCUT2D eigenvalue weighted by Crippen LogP contribution is 2.44. The molecule has 3 nitrogen and oxygen atoms in total. The lowest BCUT2D eigenvalue weighted by Crippen LogP contribution is -2.41. The van der Waals surface area contributed by atoms with Crippen molar-refractivity contribution in [3.8, 4) is 0 Å². The van der Waals surface area contributed by atoms with Crippen LogP contribution in [0.4, 0.5) is 0 Å².